The summed E-state index contributed by atoms with van der Waals surface area (Å²) in [5, 5.41) is 3.57. The van der Waals surface area contributed by atoms with E-state index in [9.17, 15) is 9.18 Å². The molecule has 0 aliphatic rings. The van der Waals surface area contributed by atoms with Gasteiger partial charge in [0.25, 0.3) is 5.91 Å². The van der Waals surface area contributed by atoms with Gasteiger partial charge in [-0.1, -0.05) is 18.2 Å². The van der Waals surface area contributed by atoms with Crippen molar-refractivity contribution in [2.45, 2.75) is 6.92 Å². The van der Waals surface area contributed by atoms with Crippen LogP contribution in [0.15, 0.2) is 54.7 Å². The van der Waals surface area contributed by atoms with E-state index in [2.05, 4.69) is 10.3 Å². The summed E-state index contributed by atoms with van der Waals surface area (Å²) >= 11 is 0. The highest BCUT2D eigenvalue weighted by atomic mass is 19.1. The molecule has 4 heteroatoms. The van der Waals surface area contributed by atoms with E-state index in [1.807, 2.05) is 12.1 Å². The molecule has 0 aliphatic heterocycles. The normalized spacial score (nSPS) is 10.6. The number of aryl methyl sites for hydroxylation is 1. The number of carbonyl (C=O) groups excluding carboxylic acids is 1. The molecule has 3 rings (SSSR count). The molecule has 0 aliphatic carbocycles. The number of nitrogens with one attached hydrogen (secondary N) is 1. The number of anilines is 1. The van der Waals surface area contributed by atoms with Crippen molar-refractivity contribution < 1.29 is 9.18 Å². The van der Waals surface area contributed by atoms with E-state index in [1.165, 1.54) is 6.07 Å². The average Bonchev–Trinajstić information content (AvgIpc) is 2.50. The Bertz CT molecular complexity index is 825. The number of nitrogens with zero attached hydrogens (tertiary/aromatic N) is 1. The number of benzene rings is 2. The summed E-state index contributed by atoms with van der Waals surface area (Å²) in [4.78, 5) is 16.5. The minimum absolute atomic E-state index is 0.0379. The lowest BCUT2D eigenvalue weighted by Gasteiger charge is -2.09. The molecule has 21 heavy (non-hydrogen) atoms. The van der Waals surface area contributed by atoms with Crippen LogP contribution in [0.3, 0.4) is 0 Å². The Morgan fingerprint density at radius 1 is 1.10 bits per heavy atom. The molecule has 0 bridgehead atoms. The van der Waals surface area contributed by atoms with Crippen LogP contribution in [-0.4, -0.2) is 10.9 Å². The van der Waals surface area contributed by atoms with Gasteiger partial charge < -0.3 is 5.32 Å². The van der Waals surface area contributed by atoms with Crippen LogP contribution in [0.25, 0.3) is 10.9 Å². The van der Waals surface area contributed by atoms with Gasteiger partial charge in [-0.2, -0.15) is 0 Å². The second-order valence-corrected chi connectivity index (χ2v) is 4.77. The predicted octanol–water partition coefficient (Wildman–Crippen LogP) is 3.93. The first-order valence-electron chi connectivity index (χ1n) is 6.57. The third-order valence-corrected chi connectivity index (χ3v) is 3.33. The molecule has 0 fully saturated rings. The minimum atomic E-state index is -0.492. The Labute approximate surface area is 121 Å². The van der Waals surface area contributed by atoms with Gasteiger partial charge in [-0.15, -0.1) is 0 Å². The van der Waals surface area contributed by atoms with Crippen LogP contribution >= 0.6 is 0 Å². The van der Waals surface area contributed by atoms with Crippen molar-refractivity contribution >= 4 is 22.5 Å². The van der Waals surface area contributed by atoms with Crippen LogP contribution in [0.1, 0.15) is 15.9 Å². The van der Waals surface area contributed by atoms with Gasteiger partial charge in [0.1, 0.15) is 5.82 Å². The lowest BCUT2D eigenvalue weighted by atomic mass is 10.1. The number of pyridine rings is 1. The highest BCUT2D eigenvalue weighted by molar-refractivity contribution is 6.08. The molecule has 104 valence electrons. The van der Waals surface area contributed by atoms with Gasteiger partial charge in [0.2, 0.25) is 0 Å². The maximum atomic E-state index is 14.0. The monoisotopic (exact) mass is 280 g/mol. The zero-order valence-electron chi connectivity index (χ0n) is 11.4. The first kappa shape index (κ1) is 13.2. The number of rotatable bonds is 2. The van der Waals surface area contributed by atoms with E-state index < -0.39 is 11.7 Å². The highest BCUT2D eigenvalue weighted by Gasteiger charge is 2.14. The van der Waals surface area contributed by atoms with E-state index in [0.717, 1.165) is 10.9 Å². The fourth-order valence-corrected chi connectivity index (χ4v) is 2.22. The fraction of sp³-hybridized carbons (Fsp3) is 0.0588. The van der Waals surface area contributed by atoms with E-state index >= 15 is 0 Å². The van der Waals surface area contributed by atoms with E-state index in [-0.39, 0.29) is 5.56 Å². The summed E-state index contributed by atoms with van der Waals surface area (Å²) in [6.07, 6.45) is 1.69. The number of hydrogen-bond donors (Lipinski definition) is 1. The quantitative estimate of drug-likeness (QED) is 0.772. The zero-order valence-corrected chi connectivity index (χ0v) is 11.4. The van der Waals surface area contributed by atoms with Gasteiger partial charge in [0, 0.05) is 11.6 Å². The van der Waals surface area contributed by atoms with Crippen molar-refractivity contribution in [2.75, 3.05) is 5.32 Å². The van der Waals surface area contributed by atoms with Crippen molar-refractivity contribution in [3.63, 3.8) is 0 Å². The SMILES string of the molecule is Cc1cccc(C(=O)Nc2cccc3ncccc23)c1F. The van der Waals surface area contributed by atoms with Crippen LogP contribution in [0.5, 0.6) is 0 Å². The lowest BCUT2D eigenvalue weighted by Crippen LogP contribution is -2.14. The molecule has 0 saturated heterocycles. The predicted molar refractivity (Wildman–Crippen MR) is 80.8 cm³/mol. The van der Waals surface area contributed by atoms with Crippen molar-refractivity contribution in [3.05, 3.63) is 71.7 Å². The van der Waals surface area contributed by atoms with Crippen molar-refractivity contribution in [1.82, 2.24) is 4.98 Å². The van der Waals surface area contributed by atoms with E-state index in [0.29, 0.717) is 11.3 Å². The van der Waals surface area contributed by atoms with E-state index in [1.54, 1.807) is 43.5 Å². The maximum Gasteiger partial charge on any atom is 0.258 e. The highest BCUT2D eigenvalue weighted by Crippen LogP contribution is 2.22. The Hall–Kier alpha value is -2.75. The summed E-state index contributed by atoms with van der Waals surface area (Å²) in [5.41, 5.74) is 1.88. The van der Waals surface area contributed by atoms with E-state index in [4.69, 9.17) is 0 Å². The molecule has 0 spiro atoms. The third-order valence-electron chi connectivity index (χ3n) is 3.33. The first-order chi connectivity index (χ1) is 10.2. The van der Waals surface area contributed by atoms with Crippen LogP contribution < -0.4 is 5.32 Å². The van der Waals surface area contributed by atoms with Gasteiger partial charge in [0.05, 0.1) is 16.8 Å². The van der Waals surface area contributed by atoms with Crippen molar-refractivity contribution in [3.8, 4) is 0 Å². The molecule has 0 saturated carbocycles. The molecule has 1 aromatic heterocycles. The second kappa shape index (κ2) is 5.32. The molecular weight excluding hydrogens is 267 g/mol. The number of hydrogen-bond acceptors (Lipinski definition) is 2. The molecule has 1 heterocycles. The Kier molecular flexibility index (Phi) is 3.36. The molecule has 3 nitrogen and oxygen atoms in total. The molecule has 2 aromatic carbocycles. The summed E-state index contributed by atoms with van der Waals surface area (Å²) in [7, 11) is 0. The molecule has 0 unspecified atom stereocenters. The Balaban J connectivity index is 1.99. The Morgan fingerprint density at radius 3 is 2.76 bits per heavy atom. The number of amides is 1. The maximum absolute atomic E-state index is 14.0. The van der Waals surface area contributed by atoms with Crippen LogP contribution in [0.2, 0.25) is 0 Å². The lowest BCUT2D eigenvalue weighted by molar-refractivity contribution is 0.102. The van der Waals surface area contributed by atoms with Gasteiger partial charge >= 0.3 is 0 Å². The second-order valence-electron chi connectivity index (χ2n) is 4.77. The smallest absolute Gasteiger partial charge is 0.258 e. The van der Waals surface area contributed by atoms with Gasteiger partial charge in [-0.05, 0) is 42.8 Å². The molecule has 1 N–H and O–H groups in total. The van der Waals surface area contributed by atoms with Gasteiger partial charge in [0.15, 0.2) is 0 Å². The average molecular weight is 280 g/mol. The summed E-state index contributed by atoms with van der Waals surface area (Å²) in [6.45, 7) is 1.63. The minimum Gasteiger partial charge on any atom is -0.321 e. The fourth-order valence-electron chi connectivity index (χ4n) is 2.22. The molecule has 0 atom stereocenters. The van der Waals surface area contributed by atoms with Gasteiger partial charge in [-0.25, -0.2) is 4.39 Å². The number of halogens is 1. The molecule has 1 amide bonds. The largest absolute Gasteiger partial charge is 0.321 e. The van der Waals surface area contributed by atoms with Gasteiger partial charge in [-0.3, -0.25) is 9.78 Å². The standard InChI is InChI=1S/C17H13FN2O/c1-11-5-2-6-13(16(11)18)17(21)20-15-9-3-8-14-12(15)7-4-10-19-14/h2-10H,1H3,(H,20,21). The number of carbonyl (C=O) groups is 1. The zero-order chi connectivity index (χ0) is 14.8. The third kappa shape index (κ3) is 2.48. The molecule has 3 aromatic rings. The van der Waals surface area contributed by atoms with Crippen LogP contribution in [-0.2, 0) is 0 Å². The summed E-state index contributed by atoms with van der Waals surface area (Å²) < 4.78 is 14.0. The van der Waals surface area contributed by atoms with Crippen molar-refractivity contribution in [1.29, 1.82) is 0 Å². The molecular formula is C17H13FN2O. The summed E-state index contributed by atoms with van der Waals surface area (Å²) in [6, 6.07) is 13.9. The van der Waals surface area contributed by atoms with Crippen LogP contribution in [0.4, 0.5) is 10.1 Å². The number of aromatic nitrogens is 1. The van der Waals surface area contributed by atoms with Crippen LogP contribution in [0, 0.1) is 12.7 Å². The topological polar surface area (TPSA) is 42.0 Å². The summed E-state index contributed by atoms with van der Waals surface area (Å²) in [5.74, 6) is -0.957. The van der Waals surface area contributed by atoms with Crippen molar-refractivity contribution in [2.24, 2.45) is 0 Å². The molecule has 0 radical (unpaired) electrons. The first-order valence-corrected chi connectivity index (χ1v) is 6.57. The Morgan fingerprint density at radius 2 is 1.90 bits per heavy atom. The number of fused-ring (bicyclic) bond motifs is 1.